The van der Waals surface area contributed by atoms with E-state index in [4.69, 9.17) is 4.74 Å². The molecule has 8 heteroatoms. The predicted molar refractivity (Wildman–Crippen MR) is 150 cm³/mol. The molecule has 6 rings (SSSR count). The average Bonchev–Trinajstić information content (AvgIpc) is 3.28. The Bertz CT molecular complexity index is 1340. The van der Waals surface area contributed by atoms with Crippen LogP contribution in [0.15, 0.2) is 85.0 Å². The Kier molecular flexibility index (Phi) is 6.84. The van der Waals surface area contributed by atoms with E-state index >= 15 is 0 Å². The third-order valence-electron chi connectivity index (χ3n) is 8.74. The molecule has 0 radical (unpaired) electrons. The first-order chi connectivity index (χ1) is 19.4. The number of fused-ring (bicyclic) bond motifs is 2. The van der Waals surface area contributed by atoms with Gasteiger partial charge in [0.15, 0.2) is 0 Å². The molecule has 4 aliphatic heterocycles. The first-order valence-electron chi connectivity index (χ1n) is 14.0. The highest BCUT2D eigenvalue weighted by molar-refractivity contribution is 6.04. The SMILES string of the molecule is CC(C)N1CC=C[C@]23O[C@@H]4C=CCN(c5ccccc5)C(=O)[C@@H]4[C@H]2C(=O)N([C@@H](CO)Cc2ccccc2)C3C1=O. The minimum absolute atomic E-state index is 0.105. The van der Waals surface area contributed by atoms with Crippen molar-refractivity contribution in [3.63, 3.8) is 0 Å². The van der Waals surface area contributed by atoms with E-state index in [2.05, 4.69) is 0 Å². The van der Waals surface area contributed by atoms with Crippen molar-refractivity contribution in [3.05, 3.63) is 90.5 Å². The lowest BCUT2D eigenvalue weighted by atomic mass is 9.77. The lowest BCUT2D eigenvalue weighted by Crippen LogP contribution is -2.59. The van der Waals surface area contributed by atoms with Gasteiger partial charge >= 0.3 is 0 Å². The number of nitrogens with zero attached hydrogens (tertiary/aromatic N) is 3. The van der Waals surface area contributed by atoms with Gasteiger partial charge in [0.2, 0.25) is 17.7 Å². The van der Waals surface area contributed by atoms with Crippen molar-refractivity contribution < 1.29 is 24.2 Å². The second kappa shape index (κ2) is 10.3. The Morgan fingerprint density at radius 2 is 1.62 bits per heavy atom. The quantitative estimate of drug-likeness (QED) is 0.568. The number of ether oxygens (including phenoxy) is 1. The number of carbonyl (C=O) groups excluding carboxylic acids is 3. The monoisotopic (exact) mass is 541 g/mol. The number of hydrogen-bond donors (Lipinski definition) is 1. The van der Waals surface area contributed by atoms with Crippen molar-refractivity contribution in [3.8, 4) is 0 Å². The van der Waals surface area contributed by atoms with Gasteiger partial charge in [-0.2, -0.15) is 0 Å². The van der Waals surface area contributed by atoms with Crippen LogP contribution in [0.2, 0.25) is 0 Å². The number of amides is 3. The van der Waals surface area contributed by atoms with Gasteiger partial charge in [0.1, 0.15) is 11.6 Å². The topological polar surface area (TPSA) is 90.4 Å². The highest BCUT2D eigenvalue weighted by Gasteiger charge is 2.72. The van der Waals surface area contributed by atoms with Crippen molar-refractivity contribution in [2.24, 2.45) is 11.8 Å². The summed E-state index contributed by atoms with van der Waals surface area (Å²) in [5.74, 6) is -2.46. The molecule has 0 aliphatic carbocycles. The Morgan fingerprint density at radius 3 is 2.30 bits per heavy atom. The van der Waals surface area contributed by atoms with Crippen LogP contribution >= 0.6 is 0 Å². The molecule has 2 aromatic carbocycles. The van der Waals surface area contributed by atoms with Crippen LogP contribution in [-0.2, 0) is 25.5 Å². The number of anilines is 1. The summed E-state index contributed by atoms with van der Waals surface area (Å²) in [4.78, 5) is 48.0. The van der Waals surface area contributed by atoms with Crippen molar-refractivity contribution in [1.29, 1.82) is 0 Å². The number of rotatable bonds is 6. The average molecular weight is 542 g/mol. The maximum atomic E-state index is 14.6. The van der Waals surface area contributed by atoms with E-state index in [1.165, 1.54) is 4.90 Å². The molecule has 0 saturated carbocycles. The lowest BCUT2D eigenvalue weighted by molar-refractivity contribution is -0.151. The van der Waals surface area contributed by atoms with Crippen LogP contribution in [0, 0.1) is 11.8 Å². The number of aliphatic hydroxyl groups is 1. The van der Waals surface area contributed by atoms with Crippen molar-refractivity contribution in [2.75, 3.05) is 24.6 Å². The molecule has 6 atom stereocenters. The third-order valence-corrected chi connectivity index (χ3v) is 8.74. The lowest BCUT2D eigenvalue weighted by Gasteiger charge is -2.39. The number of likely N-dealkylation sites (tertiary alicyclic amines) is 1. The van der Waals surface area contributed by atoms with Gasteiger partial charge in [0.25, 0.3) is 0 Å². The molecule has 40 heavy (non-hydrogen) atoms. The number of hydrogen-bond acceptors (Lipinski definition) is 5. The molecule has 3 amide bonds. The summed E-state index contributed by atoms with van der Waals surface area (Å²) in [6.45, 7) is 4.31. The Labute approximate surface area is 234 Å². The fourth-order valence-corrected chi connectivity index (χ4v) is 6.93. The zero-order valence-electron chi connectivity index (χ0n) is 22.8. The van der Waals surface area contributed by atoms with Gasteiger partial charge in [-0.1, -0.05) is 72.8 Å². The molecular weight excluding hydrogens is 506 g/mol. The predicted octanol–water partition coefficient (Wildman–Crippen LogP) is 2.58. The second-order valence-corrected chi connectivity index (χ2v) is 11.3. The summed E-state index contributed by atoms with van der Waals surface area (Å²) in [6.07, 6.45) is 7.23. The number of carbonyl (C=O) groups is 3. The molecule has 4 aliphatic rings. The van der Waals surface area contributed by atoms with Crippen LogP contribution in [0.4, 0.5) is 5.69 Å². The highest BCUT2D eigenvalue weighted by Crippen LogP contribution is 2.54. The first-order valence-corrected chi connectivity index (χ1v) is 14.0. The summed E-state index contributed by atoms with van der Waals surface area (Å²) >= 11 is 0. The minimum Gasteiger partial charge on any atom is -0.394 e. The maximum Gasteiger partial charge on any atom is 0.249 e. The van der Waals surface area contributed by atoms with E-state index in [0.717, 1.165) is 11.3 Å². The molecular formula is C32H35N3O5. The van der Waals surface area contributed by atoms with Crippen LogP contribution < -0.4 is 4.90 Å². The second-order valence-electron chi connectivity index (χ2n) is 11.3. The van der Waals surface area contributed by atoms with Gasteiger partial charge in [-0.3, -0.25) is 14.4 Å². The van der Waals surface area contributed by atoms with E-state index < -0.39 is 35.6 Å². The van der Waals surface area contributed by atoms with Crippen LogP contribution in [0.1, 0.15) is 19.4 Å². The summed E-state index contributed by atoms with van der Waals surface area (Å²) in [7, 11) is 0. The van der Waals surface area contributed by atoms with Crippen molar-refractivity contribution >= 4 is 23.4 Å². The minimum atomic E-state index is -1.32. The molecule has 0 aromatic heterocycles. The van der Waals surface area contributed by atoms with Crippen LogP contribution in [0.3, 0.4) is 0 Å². The molecule has 2 aromatic rings. The zero-order chi connectivity index (χ0) is 28.0. The molecule has 1 unspecified atom stereocenters. The standard InChI is InChI=1S/C32H35N3O5/c1-21(2)33-18-10-16-32-27(26-25(40-32)15-9-17-34(29(26)37)23-13-7-4-8-14-23)30(38)35(28(32)31(33)39)24(20-36)19-22-11-5-3-6-12-22/h3-16,21,24-28,36H,17-20H2,1-2H3/t24-,25-,26+,27+,28?,32+/m1/s1. The van der Waals surface area contributed by atoms with Gasteiger partial charge in [0.05, 0.1) is 30.6 Å². The van der Waals surface area contributed by atoms with Crippen LogP contribution in [0.5, 0.6) is 0 Å². The van der Waals surface area contributed by atoms with Gasteiger partial charge in [-0.05, 0) is 38.0 Å². The molecule has 4 heterocycles. The maximum absolute atomic E-state index is 14.6. The summed E-state index contributed by atoms with van der Waals surface area (Å²) < 4.78 is 6.73. The van der Waals surface area contributed by atoms with Gasteiger partial charge in [-0.25, -0.2) is 0 Å². The van der Waals surface area contributed by atoms with Gasteiger partial charge in [0, 0.05) is 24.8 Å². The molecule has 2 fully saturated rings. The van der Waals surface area contributed by atoms with E-state index in [9.17, 15) is 19.5 Å². The molecule has 0 bridgehead atoms. The Balaban J connectivity index is 1.46. The van der Waals surface area contributed by atoms with E-state index in [1.54, 1.807) is 9.80 Å². The molecule has 1 spiro atoms. The normalized spacial score (nSPS) is 30.3. The van der Waals surface area contributed by atoms with E-state index in [0.29, 0.717) is 19.5 Å². The largest absolute Gasteiger partial charge is 0.394 e. The zero-order valence-corrected chi connectivity index (χ0v) is 22.8. The molecule has 8 nitrogen and oxygen atoms in total. The van der Waals surface area contributed by atoms with Crippen molar-refractivity contribution in [2.45, 2.75) is 50.1 Å². The highest BCUT2D eigenvalue weighted by atomic mass is 16.5. The Hall–Kier alpha value is -3.75. The van der Waals surface area contributed by atoms with Crippen molar-refractivity contribution in [1.82, 2.24) is 9.80 Å². The fourth-order valence-electron chi connectivity index (χ4n) is 6.93. The van der Waals surface area contributed by atoms with Crippen LogP contribution in [-0.4, -0.2) is 82.2 Å². The summed E-state index contributed by atoms with van der Waals surface area (Å²) in [6, 6.07) is 17.3. The fraction of sp³-hybridized carbons (Fsp3) is 0.406. The van der Waals surface area contributed by atoms with Gasteiger partial charge in [-0.15, -0.1) is 0 Å². The van der Waals surface area contributed by atoms with E-state index in [1.807, 2.05) is 98.8 Å². The molecule has 208 valence electrons. The number of para-hydroxylation sites is 1. The summed E-state index contributed by atoms with van der Waals surface area (Å²) in [5, 5.41) is 10.6. The smallest absolute Gasteiger partial charge is 0.249 e. The molecule has 1 N–H and O–H groups in total. The van der Waals surface area contributed by atoms with Crippen LogP contribution in [0.25, 0.3) is 0 Å². The van der Waals surface area contributed by atoms with E-state index in [-0.39, 0.29) is 30.4 Å². The third kappa shape index (κ3) is 4.09. The number of aliphatic hydroxyl groups excluding tert-OH is 1. The van der Waals surface area contributed by atoms with Gasteiger partial charge < -0.3 is 24.5 Å². The first kappa shape index (κ1) is 26.5. The number of benzene rings is 2. The molecule has 2 saturated heterocycles. The summed E-state index contributed by atoms with van der Waals surface area (Å²) in [5.41, 5.74) is 0.366. The Morgan fingerprint density at radius 1 is 0.925 bits per heavy atom.